The summed E-state index contributed by atoms with van der Waals surface area (Å²) in [7, 11) is 1.51. The zero-order valence-electron chi connectivity index (χ0n) is 24.3. The highest BCUT2D eigenvalue weighted by atomic mass is 32.1. The molecule has 1 amide bonds. The van der Waals surface area contributed by atoms with Crippen molar-refractivity contribution in [3.63, 3.8) is 0 Å². The number of amides is 1. The lowest BCUT2D eigenvalue weighted by molar-refractivity contribution is -0.132. The molecular formula is C31H32N4O6S. The van der Waals surface area contributed by atoms with Crippen molar-refractivity contribution in [2.75, 3.05) is 18.6 Å². The zero-order valence-corrected chi connectivity index (χ0v) is 25.1. The second-order valence-corrected chi connectivity index (χ2v) is 11.5. The molecule has 1 aromatic carbocycles. The van der Waals surface area contributed by atoms with Crippen LogP contribution in [0.15, 0.2) is 48.2 Å². The first-order valence-corrected chi connectivity index (χ1v) is 14.4. The Morgan fingerprint density at radius 2 is 1.86 bits per heavy atom. The number of fused-ring (bicyclic) bond motifs is 1. The molecule has 3 aromatic heterocycles. The number of aliphatic hydroxyl groups excluding tert-OH is 1. The van der Waals surface area contributed by atoms with E-state index in [1.165, 1.54) is 18.9 Å². The van der Waals surface area contributed by atoms with E-state index in [9.17, 15) is 19.5 Å². The van der Waals surface area contributed by atoms with Crippen molar-refractivity contribution in [1.29, 1.82) is 0 Å². The van der Waals surface area contributed by atoms with Crippen LogP contribution in [0.5, 0.6) is 11.5 Å². The number of imidazole rings is 1. The number of ether oxygens (including phenoxy) is 2. The molecule has 1 fully saturated rings. The first kappa shape index (κ1) is 29.0. The molecule has 1 aliphatic rings. The number of carbonyl (C=O) groups excluding carboxylic acids is 3. The highest BCUT2D eigenvalue weighted by Gasteiger charge is 2.49. The van der Waals surface area contributed by atoms with Gasteiger partial charge in [-0.3, -0.25) is 23.7 Å². The Kier molecular flexibility index (Phi) is 7.87. The van der Waals surface area contributed by atoms with Crippen LogP contribution < -0.4 is 14.4 Å². The van der Waals surface area contributed by atoms with E-state index < -0.39 is 17.7 Å². The normalized spacial score (nSPS) is 16.5. The van der Waals surface area contributed by atoms with E-state index in [4.69, 9.17) is 9.47 Å². The Morgan fingerprint density at radius 1 is 1.10 bits per heavy atom. The van der Waals surface area contributed by atoms with Crippen molar-refractivity contribution in [3.05, 3.63) is 75.7 Å². The Balaban J connectivity index is 1.72. The second-order valence-electron chi connectivity index (χ2n) is 10.6. The predicted octanol–water partition coefficient (Wildman–Crippen LogP) is 5.67. The van der Waals surface area contributed by atoms with Gasteiger partial charge in [-0.1, -0.05) is 37.3 Å². The summed E-state index contributed by atoms with van der Waals surface area (Å²) < 4.78 is 13.3. The number of anilines is 1. The number of aryl methyl sites for hydroxylation is 2. The largest absolute Gasteiger partial charge is 0.505 e. The van der Waals surface area contributed by atoms with Crippen molar-refractivity contribution in [3.8, 4) is 11.5 Å². The summed E-state index contributed by atoms with van der Waals surface area (Å²) in [5, 5.41) is 11.9. The summed E-state index contributed by atoms with van der Waals surface area (Å²) in [6.07, 6.45) is 2.58. The fourth-order valence-corrected chi connectivity index (χ4v) is 6.05. The quantitative estimate of drug-likeness (QED) is 0.115. The molecule has 42 heavy (non-hydrogen) atoms. The van der Waals surface area contributed by atoms with Crippen LogP contribution in [-0.4, -0.2) is 50.7 Å². The molecule has 0 spiro atoms. The molecule has 0 saturated carbocycles. The number of aromatic nitrogens is 3. The summed E-state index contributed by atoms with van der Waals surface area (Å²) >= 11 is 1.03. The Labute approximate surface area is 247 Å². The van der Waals surface area contributed by atoms with Crippen LogP contribution in [0.25, 0.3) is 11.4 Å². The van der Waals surface area contributed by atoms with Gasteiger partial charge in [0, 0.05) is 13.1 Å². The summed E-state index contributed by atoms with van der Waals surface area (Å²) in [6, 6.07) is 9.46. The molecule has 1 aliphatic heterocycles. The summed E-state index contributed by atoms with van der Waals surface area (Å²) in [4.78, 5) is 50.3. The van der Waals surface area contributed by atoms with E-state index in [2.05, 4.69) is 23.8 Å². The number of aliphatic hydroxyl groups is 1. The van der Waals surface area contributed by atoms with Gasteiger partial charge < -0.3 is 14.6 Å². The average Bonchev–Trinajstić information content (AvgIpc) is 3.58. The lowest BCUT2D eigenvalue weighted by Gasteiger charge is -2.24. The molecule has 5 rings (SSSR count). The Bertz CT molecular complexity index is 1750. The van der Waals surface area contributed by atoms with Gasteiger partial charge in [-0.25, -0.2) is 9.97 Å². The number of Topliss-reactive ketones (excluding diaryl/α,β-unsaturated/α-hetero) is 2. The van der Waals surface area contributed by atoms with Crippen LogP contribution in [-0.2, 0) is 9.59 Å². The topological polar surface area (TPSA) is 123 Å². The molecular weight excluding hydrogens is 556 g/mol. The lowest BCUT2D eigenvalue weighted by Crippen LogP contribution is -2.29. The number of ketones is 2. The monoisotopic (exact) mass is 588 g/mol. The van der Waals surface area contributed by atoms with Gasteiger partial charge in [0.1, 0.15) is 11.3 Å². The summed E-state index contributed by atoms with van der Waals surface area (Å²) in [5.41, 5.74) is 2.18. The third-order valence-corrected chi connectivity index (χ3v) is 8.40. The van der Waals surface area contributed by atoms with Crippen molar-refractivity contribution in [2.24, 2.45) is 5.92 Å². The van der Waals surface area contributed by atoms with Crippen LogP contribution in [0.3, 0.4) is 0 Å². The summed E-state index contributed by atoms with van der Waals surface area (Å²) in [5.74, 6) is -0.930. The maximum Gasteiger partial charge on any atom is 0.301 e. The Morgan fingerprint density at radius 3 is 2.52 bits per heavy atom. The molecule has 4 heterocycles. The molecule has 1 unspecified atom stereocenters. The minimum Gasteiger partial charge on any atom is -0.505 e. The Hall–Kier alpha value is -4.51. The van der Waals surface area contributed by atoms with Crippen LogP contribution in [0.1, 0.15) is 65.6 Å². The second kappa shape index (κ2) is 11.4. The smallest absolute Gasteiger partial charge is 0.301 e. The van der Waals surface area contributed by atoms with E-state index in [-0.39, 0.29) is 22.2 Å². The first-order valence-electron chi connectivity index (χ1n) is 13.6. The van der Waals surface area contributed by atoms with Crippen LogP contribution >= 0.6 is 11.3 Å². The van der Waals surface area contributed by atoms with Gasteiger partial charge in [0.15, 0.2) is 28.2 Å². The van der Waals surface area contributed by atoms with E-state index >= 15 is 0 Å². The number of methoxy groups -OCH3 is 1. The average molecular weight is 589 g/mol. The van der Waals surface area contributed by atoms with E-state index in [0.29, 0.717) is 57.2 Å². The maximum absolute atomic E-state index is 13.7. The van der Waals surface area contributed by atoms with Gasteiger partial charge in [-0.15, -0.1) is 0 Å². The SMILES string of the molecule is COc1cc(C2C(=C(O)c3c(C)nc4ccccn34)C(=O)C(=O)N2c2nc(C)c(C(C)=O)s2)ccc1OCCC(C)C. The van der Waals surface area contributed by atoms with Gasteiger partial charge in [-0.05, 0) is 56.0 Å². The molecule has 0 radical (unpaired) electrons. The number of hydrogen-bond donors (Lipinski definition) is 1. The molecule has 1 N–H and O–H groups in total. The number of hydrogen-bond acceptors (Lipinski definition) is 9. The van der Waals surface area contributed by atoms with E-state index in [1.54, 1.807) is 54.8 Å². The number of pyridine rings is 1. The number of rotatable bonds is 9. The fourth-order valence-electron chi connectivity index (χ4n) is 5.06. The molecule has 0 bridgehead atoms. The van der Waals surface area contributed by atoms with E-state index in [0.717, 1.165) is 17.8 Å². The van der Waals surface area contributed by atoms with E-state index in [1.807, 2.05) is 6.07 Å². The molecule has 11 heteroatoms. The van der Waals surface area contributed by atoms with Crippen molar-refractivity contribution in [1.82, 2.24) is 14.4 Å². The van der Waals surface area contributed by atoms with Gasteiger partial charge in [-0.2, -0.15) is 0 Å². The maximum atomic E-state index is 13.7. The third kappa shape index (κ3) is 5.04. The number of carbonyl (C=O) groups is 3. The minimum absolute atomic E-state index is 0.124. The van der Waals surface area contributed by atoms with Gasteiger partial charge in [0.05, 0.1) is 41.6 Å². The number of nitrogens with zero attached hydrogens (tertiary/aromatic N) is 4. The van der Waals surface area contributed by atoms with Crippen LogP contribution in [0.4, 0.5) is 5.13 Å². The first-order chi connectivity index (χ1) is 20.0. The van der Waals surface area contributed by atoms with Gasteiger partial charge >= 0.3 is 5.91 Å². The molecule has 1 atom stereocenters. The molecule has 218 valence electrons. The van der Waals surface area contributed by atoms with Crippen molar-refractivity contribution >= 4 is 45.3 Å². The standard InChI is InChI=1S/C31H32N4O6S/c1-16(2)12-14-41-21-11-10-20(15-22(21)40-6)26-24(27(37)25-17(3)32-23-9-7-8-13-34(23)25)28(38)30(39)35(26)31-33-18(4)29(42-31)19(5)36/h7-11,13,15-16,26,37H,12,14H2,1-6H3. The fraction of sp³-hybridized carbons (Fsp3) is 0.323. The highest BCUT2D eigenvalue weighted by molar-refractivity contribution is 7.18. The third-order valence-electron chi connectivity index (χ3n) is 7.14. The highest BCUT2D eigenvalue weighted by Crippen LogP contribution is 2.45. The van der Waals surface area contributed by atoms with Crippen molar-refractivity contribution in [2.45, 2.75) is 47.1 Å². The number of benzene rings is 1. The van der Waals surface area contributed by atoms with Crippen LogP contribution in [0, 0.1) is 19.8 Å². The minimum atomic E-state index is -1.07. The number of thiazole rings is 1. The molecule has 1 saturated heterocycles. The van der Waals surface area contributed by atoms with Gasteiger partial charge in [0.2, 0.25) is 0 Å². The molecule has 10 nitrogen and oxygen atoms in total. The molecule has 4 aromatic rings. The van der Waals surface area contributed by atoms with Crippen molar-refractivity contribution < 1.29 is 29.0 Å². The zero-order chi connectivity index (χ0) is 30.3. The predicted molar refractivity (Wildman–Crippen MR) is 160 cm³/mol. The molecule has 0 aliphatic carbocycles. The van der Waals surface area contributed by atoms with Gasteiger partial charge in [0.25, 0.3) is 5.78 Å². The summed E-state index contributed by atoms with van der Waals surface area (Å²) in [6.45, 7) is 9.53. The lowest BCUT2D eigenvalue weighted by atomic mass is 9.96. The van der Waals surface area contributed by atoms with Crippen LogP contribution in [0.2, 0.25) is 0 Å².